The van der Waals surface area contributed by atoms with E-state index in [4.69, 9.17) is 21.1 Å². The lowest BCUT2D eigenvalue weighted by Gasteiger charge is -2.13. The lowest BCUT2D eigenvalue weighted by Crippen LogP contribution is -2.15. The van der Waals surface area contributed by atoms with Gasteiger partial charge in [0.05, 0.1) is 21.3 Å². The van der Waals surface area contributed by atoms with Gasteiger partial charge in [-0.25, -0.2) is 8.42 Å². The average molecular weight is 517 g/mol. The molecule has 1 aliphatic rings. The fourth-order valence-corrected chi connectivity index (χ4v) is 4.81. The Bertz CT molecular complexity index is 1410. The number of nitro benzene ring substituents is 1. The molecule has 0 atom stereocenters. The number of para-hydroxylation sites is 1. The van der Waals surface area contributed by atoms with E-state index >= 15 is 0 Å². The van der Waals surface area contributed by atoms with Crippen molar-refractivity contribution in [1.29, 1.82) is 0 Å². The van der Waals surface area contributed by atoms with Crippen LogP contribution in [0.25, 0.3) is 0 Å². The predicted molar refractivity (Wildman–Crippen MR) is 133 cm³/mol. The lowest BCUT2D eigenvalue weighted by atomic mass is 10.1. The first-order valence-electron chi connectivity index (χ1n) is 10.5. The van der Waals surface area contributed by atoms with E-state index in [2.05, 4.69) is 15.2 Å². The first-order valence-corrected chi connectivity index (χ1v) is 12.3. The maximum atomic E-state index is 13.1. The zero-order chi connectivity index (χ0) is 25.0. The van der Waals surface area contributed by atoms with Crippen LogP contribution in [-0.2, 0) is 16.4 Å². The zero-order valence-corrected chi connectivity index (χ0v) is 20.1. The third kappa shape index (κ3) is 5.81. The predicted octanol–water partition coefficient (Wildman–Crippen LogP) is 5.20. The van der Waals surface area contributed by atoms with Crippen LogP contribution in [0.2, 0.25) is 5.02 Å². The number of halogens is 1. The zero-order valence-electron chi connectivity index (χ0n) is 18.5. The summed E-state index contributed by atoms with van der Waals surface area (Å²) in [7, 11) is -4.23. The average Bonchev–Trinajstić information content (AvgIpc) is 3.30. The summed E-state index contributed by atoms with van der Waals surface area (Å²) in [5, 5.41) is 15.7. The molecule has 2 N–H and O–H groups in total. The summed E-state index contributed by atoms with van der Waals surface area (Å²) in [6, 6.07) is 15.5. The molecule has 12 heteroatoms. The van der Waals surface area contributed by atoms with Crippen LogP contribution in [0.3, 0.4) is 0 Å². The minimum atomic E-state index is -4.23. The van der Waals surface area contributed by atoms with E-state index in [-0.39, 0.29) is 33.8 Å². The minimum absolute atomic E-state index is 0.0811. The molecule has 4 rings (SSSR count). The highest BCUT2D eigenvalue weighted by Crippen LogP contribution is 2.33. The molecule has 1 heterocycles. The fraction of sp³-hybridized carbons (Fsp3) is 0.174. The fourth-order valence-electron chi connectivity index (χ4n) is 3.32. The number of nitrogens with one attached hydrogen (secondary N) is 2. The molecule has 0 unspecified atom stereocenters. The summed E-state index contributed by atoms with van der Waals surface area (Å²) < 4.78 is 39.3. The molecule has 0 aromatic heterocycles. The molecule has 0 amide bonds. The number of sulfonamides is 1. The highest BCUT2D eigenvalue weighted by Gasteiger charge is 2.23. The number of hydrogen-bond acceptors (Lipinski definition) is 8. The number of hydrogen-bond donors (Lipinski definition) is 2. The quantitative estimate of drug-likeness (QED) is 0.227. The number of ether oxygens (including phenoxy) is 2. The van der Waals surface area contributed by atoms with E-state index in [0.29, 0.717) is 30.1 Å². The molecular formula is C23H21ClN4O6S. The maximum absolute atomic E-state index is 13.1. The monoisotopic (exact) mass is 516 g/mol. The van der Waals surface area contributed by atoms with Gasteiger partial charge in [0.1, 0.15) is 4.90 Å². The molecule has 3 aromatic rings. The highest BCUT2D eigenvalue weighted by molar-refractivity contribution is 7.93. The summed E-state index contributed by atoms with van der Waals surface area (Å²) in [6.07, 6.45) is 1.26. The summed E-state index contributed by atoms with van der Waals surface area (Å²) in [4.78, 5) is 10.3. The van der Waals surface area contributed by atoms with Crippen molar-refractivity contribution in [2.24, 2.45) is 5.10 Å². The Hall–Kier alpha value is -3.83. The van der Waals surface area contributed by atoms with Crippen LogP contribution >= 0.6 is 11.6 Å². The Kier molecular flexibility index (Phi) is 7.08. The SMILES string of the molecule is C/C(CCc1ccc2c(c1)OCO2)=N\Nc1ccc([N+](=O)[O-])cc1S(=O)(=O)Nc1ccccc1Cl. The lowest BCUT2D eigenvalue weighted by molar-refractivity contribution is -0.385. The van der Waals surface area contributed by atoms with Crippen LogP contribution in [0.15, 0.2) is 70.7 Å². The number of rotatable bonds is 9. The minimum Gasteiger partial charge on any atom is -0.454 e. The van der Waals surface area contributed by atoms with Gasteiger partial charge in [0.25, 0.3) is 15.7 Å². The third-order valence-electron chi connectivity index (χ3n) is 5.16. The molecule has 3 aromatic carbocycles. The molecular weight excluding hydrogens is 496 g/mol. The molecule has 10 nitrogen and oxygen atoms in total. The van der Waals surface area contributed by atoms with Crippen molar-refractivity contribution in [3.63, 3.8) is 0 Å². The van der Waals surface area contributed by atoms with E-state index in [1.165, 1.54) is 24.3 Å². The van der Waals surface area contributed by atoms with Crippen molar-refractivity contribution in [1.82, 2.24) is 0 Å². The van der Waals surface area contributed by atoms with Gasteiger partial charge >= 0.3 is 0 Å². The number of hydrazone groups is 1. The molecule has 182 valence electrons. The molecule has 0 bridgehead atoms. The van der Waals surface area contributed by atoms with Crippen LogP contribution < -0.4 is 19.6 Å². The van der Waals surface area contributed by atoms with E-state index in [1.54, 1.807) is 19.1 Å². The Labute approximate surface area is 206 Å². The Morgan fingerprint density at radius 3 is 2.63 bits per heavy atom. The summed E-state index contributed by atoms with van der Waals surface area (Å²) >= 11 is 6.07. The number of fused-ring (bicyclic) bond motifs is 1. The first-order chi connectivity index (χ1) is 16.7. The largest absolute Gasteiger partial charge is 0.454 e. The molecule has 35 heavy (non-hydrogen) atoms. The van der Waals surface area contributed by atoms with Gasteiger partial charge in [-0.3, -0.25) is 20.3 Å². The molecule has 0 spiro atoms. The van der Waals surface area contributed by atoms with Gasteiger partial charge in [-0.15, -0.1) is 0 Å². The molecule has 0 saturated heterocycles. The third-order valence-corrected chi connectivity index (χ3v) is 6.90. The van der Waals surface area contributed by atoms with Crippen LogP contribution in [0.5, 0.6) is 11.5 Å². The van der Waals surface area contributed by atoms with Crippen LogP contribution in [-0.4, -0.2) is 25.8 Å². The maximum Gasteiger partial charge on any atom is 0.270 e. The second-order valence-electron chi connectivity index (χ2n) is 7.67. The smallest absolute Gasteiger partial charge is 0.270 e. The number of non-ortho nitro benzene ring substituents is 1. The number of aryl methyl sites for hydroxylation is 1. The van der Waals surface area contributed by atoms with Gasteiger partial charge in [-0.1, -0.05) is 29.8 Å². The highest BCUT2D eigenvalue weighted by atomic mass is 35.5. The Balaban J connectivity index is 1.53. The van der Waals surface area contributed by atoms with Crippen molar-refractivity contribution in [2.75, 3.05) is 16.9 Å². The number of nitrogens with zero attached hydrogens (tertiary/aromatic N) is 2. The van der Waals surface area contributed by atoms with Crippen LogP contribution in [0.1, 0.15) is 18.9 Å². The number of nitro groups is 1. The van der Waals surface area contributed by atoms with E-state index in [1.807, 2.05) is 18.2 Å². The second kappa shape index (κ2) is 10.2. The summed E-state index contributed by atoms with van der Waals surface area (Å²) in [6.45, 7) is 2.00. The van der Waals surface area contributed by atoms with E-state index in [9.17, 15) is 18.5 Å². The van der Waals surface area contributed by atoms with Crippen molar-refractivity contribution in [2.45, 2.75) is 24.7 Å². The van der Waals surface area contributed by atoms with Gasteiger partial charge in [-0.2, -0.15) is 5.10 Å². The molecule has 0 saturated carbocycles. The van der Waals surface area contributed by atoms with Crippen LogP contribution in [0.4, 0.5) is 17.1 Å². The first kappa shape index (κ1) is 24.3. The van der Waals surface area contributed by atoms with Crippen molar-refractivity contribution in [3.05, 3.63) is 81.4 Å². The van der Waals surface area contributed by atoms with Gasteiger partial charge < -0.3 is 9.47 Å². The molecule has 0 fully saturated rings. The van der Waals surface area contributed by atoms with Crippen molar-refractivity contribution < 1.29 is 22.8 Å². The van der Waals surface area contributed by atoms with Gasteiger partial charge in [-0.05, 0) is 55.7 Å². The van der Waals surface area contributed by atoms with E-state index in [0.717, 1.165) is 11.6 Å². The number of anilines is 2. The Morgan fingerprint density at radius 2 is 1.86 bits per heavy atom. The normalized spacial score (nSPS) is 12.9. The number of benzene rings is 3. The standard InChI is InChI=1S/C23H21ClN4O6S/c1-15(6-7-16-8-11-21-22(12-16)34-14-33-21)25-26-20-10-9-17(28(29)30)13-23(20)35(31,32)27-19-5-3-2-4-18(19)24/h2-5,8-13,26-27H,6-7,14H2,1H3/b25-15+. The van der Waals surface area contributed by atoms with Crippen molar-refractivity contribution in [3.8, 4) is 11.5 Å². The molecule has 0 radical (unpaired) electrons. The summed E-state index contributed by atoms with van der Waals surface area (Å²) in [5.41, 5.74) is 4.32. The summed E-state index contributed by atoms with van der Waals surface area (Å²) in [5.74, 6) is 1.40. The molecule has 0 aliphatic carbocycles. The van der Waals surface area contributed by atoms with E-state index < -0.39 is 14.9 Å². The topological polar surface area (TPSA) is 132 Å². The van der Waals surface area contributed by atoms with Crippen molar-refractivity contribution >= 4 is 44.4 Å². The Morgan fingerprint density at radius 1 is 1.09 bits per heavy atom. The molecule has 1 aliphatic heterocycles. The van der Waals surface area contributed by atoms with Gasteiger partial charge in [0.2, 0.25) is 6.79 Å². The second-order valence-corrected chi connectivity index (χ2v) is 9.73. The van der Waals surface area contributed by atoms with Crippen LogP contribution in [0, 0.1) is 10.1 Å². The van der Waals surface area contributed by atoms with Gasteiger partial charge in [0, 0.05) is 17.8 Å². The van der Waals surface area contributed by atoms with Gasteiger partial charge in [0.15, 0.2) is 11.5 Å².